The third kappa shape index (κ3) is 2.73. The van der Waals surface area contributed by atoms with Crippen LogP contribution >= 0.6 is 0 Å². The van der Waals surface area contributed by atoms with Gasteiger partial charge in [0.25, 0.3) is 0 Å². The van der Waals surface area contributed by atoms with Crippen LogP contribution in [0.15, 0.2) is 0 Å². The van der Waals surface area contributed by atoms with Crippen LogP contribution in [0.2, 0.25) is 0 Å². The van der Waals surface area contributed by atoms with Crippen LogP contribution in [0.5, 0.6) is 0 Å². The molecular weight excluding hydrogens is 172 g/mol. The fourth-order valence-corrected chi connectivity index (χ4v) is 2.38. The topological polar surface area (TPSA) is 29.3 Å². The monoisotopic (exact) mass is 194 g/mol. The smallest absolute Gasteiger partial charge is 0.0685 e. The van der Waals surface area contributed by atoms with Gasteiger partial charge in [0.2, 0.25) is 0 Å². The summed E-state index contributed by atoms with van der Waals surface area (Å²) in [7, 11) is 0. The van der Waals surface area contributed by atoms with Gasteiger partial charge in [-0.05, 0) is 39.2 Å². The first-order valence-electron chi connectivity index (χ1n) is 5.66. The van der Waals surface area contributed by atoms with E-state index in [9.17, 15) is 0 Å². The molecule has 0 amide bonds. The Labute approximate surface area is 87.8 Å². The van der Waals surface area contributed by atoms with Crippen molar-refractivity contribution in [1.82, 2.24) is 4.90 Å². The summed E-state index contributed by atoms with van der Waals surface area (Å²) < 4.78 is 0. The first-order chi connectivity index (χ1) is 6.69. The first-order valence-corrected chi connectivity index (χ1v) is 5.66. The average Bonchev–Trinajstić information content (AvgIpc) is 2.21. The molecule has 0 aromatic heterocycles. The molecule has 0 radical (unpaired) electrons. The lowest BCUT2D eigenvalue weighted by Crippen LogP contribution is -2.44. The lowest BCUT2D eigenvalue weighted by atomic mass is 9.90. The van der Waals surface area contributed by atoms with Crippen LogP contribution in [-0.2, 0) is 0 Å². The van der Waals surface area contributed by atoms with E-state index in [1.54, 1.807) is 0 Å². The van der Waals surface area contributed by atoms with Crippen molar-refractivity contribution in [3.8, 4) is 12.3 Å². The lowest BCUT2D eigenvalue weighted by Gasteiger charge is -2.37. The number of rotatable bonds is 3. The predicted octanol–water partition coefficient (Wildman–Crippen LogP) is 1.60. The van der Waals surface area contributed by atoms with Gasteiger partial charge in [-0.15, -0.1) is 6.42 Å². The molecule has 0 aromatic carbocycles. The minimum absolute atomic E-state index is 0.263. The van der Waals surface area contributed by atoms with E-state index in [4.69, 9.17) is 12.2 Å². The van der Waals surface area contributed by atoms with Crippen molar-refractivity contribution in [3.63, 3.8) is 0 Å². The maximum Gasteiger partial charge on any atom is 0.0685 e. The fraction of sp³-hybridized carbons (Fsp3) is 0.833. The highest BCUT2D eigenvalue weighted by atomic mass is 15.2. The van der Waals surface area contributed by atoms with E-state index in [2.05, 4.69) is 24.7 Å². The summed E-state index contributed by atoms with van der Waals surface area (Å²) in [5.74, 6) is 2.82. The Morgan fingerprint density at radius 2 is 2.00 bits per heavy atom. The summed E-state index contributed by atoms with van der Waals surface area (Å²) in [6, 6.07) is 1.34. The molecule has 1 aliphatic rings. The van der Waals surface area contributed by atoms with Crippen molar-refractivity contribution in [2.75, 3.05) is 6.54 Å². The molecule has 1 unspecified atom stereocenters. The predicted molar refractivity (Wildman–Crippen MR) is 60.9 cm³/mol. The maximum absolute atomic E-state index is 5.89. The Balaban J connectivity index is 2.49. The van der Waals surface area contributed by atoms with Crippen molar-refractivity contribution < 1.29 is 0 Å². The molecule has 1 atom stereocenters. The van der Waals surface area contributed by atoms with Crippen molar-refractivity contribution in [2.45, 2.75) is 57.7 Å². The van der Waals surface area contributed by atoms with Gasteiger partial charge in [-0.25, -0.2) is 0 Å². The van der Waals surface area contributed by atoms with E-state index >= 15 is 0 Å². The summed E-state index contributed by atoms with van der Waals surface area (Å²) in [5, 5.41) is 0. The van der Waals surface area contributed by atoms with Crippen molar-refractivity contribution >= 4 is 0 Å². The molecule has 0 aromatic rings. The molecule has 1 saturated carbocycles. The van der Waals surface area contributed by atoms with Gasteiger partial charge < -0.3 is 5.73 Å². The molecule has 0 aliphatic heterocycles. The number of hydrogen-bond acceptors (Lipinski definition) is 2. The van der Waals surface area contributed by atoms with Crippen LogP contribution in [0.3, 0.4) is 0 Å². The van der Waals surface area contributed by atoms with Crippen LogP contribution in [0, 0.1) is 12.3 Å². The second-order valence-corrected chi connectivity index (χ2v) is 4.24. The van der Waals surface area contributed by atoms with Gasteiger partial charge in [0.15, 0.2) is 0 Å². The second-order valence-electron chi connectivity index (χ2n) is 4.24. The quantitative estimate of drug-likeness (QED) is 0.691. The molecular formula is C12H22N2. The number of hydrogen-bond donors (Lipinski definition) is 1. The molecule has 2 heteroatoms. The highest BCUT2D eigenvalue weighted by Gasteiger charge is 2.25. The Morgan fingerprint density at radius 3 is 2.43 bits per heavy atom. The van der Waals surface area contributed by atoms with Gasteiger partial charge in [-0.2, -0.15) is 0 Å². The summed E-state index contributed by atoms with van der Waals surface area (Å²) in [6.07, 6.45) is 10.2. The third-order valence-corrected chi connectivity index (χ3v) is 3.31. The highest BCUT2D eigenvalue weighted by molar-refractivity contribution is 4.99. The van der Waals surface area contributed by atoms with Gasteiger partial charge in [-0.3, -0.25) is 4.90 Å². The van der Waals surface area contributed by atoms with Crippen molar-refractivity contribution in [3.05, 3.63) is 0 Å². The minimum Gasteiger partial charge on any atom is -0.328 e. The Bertz CT molecular complexity index is 199. The molecule has 1 rings (SSSR count). The molecule has 0 saturated heterocycles. The summed E-state index contributed by atoms with van der Waals surface area (Å²) in [6.45, 7) is 5.34. The summed E-state index contributed by atoms with van der Waals surface area (Å²) in [5.41, 5.74) is 5.89. The number of nitrogens with two attached hydrogens (primary N) is 1. The Morgan fingerprint density at radius 1 is 1.43 bits per heavy atom. The zero-order valence-corrected chi connectivity index (χ0v) is 9.37. The second kappa shape index (κ2) is 5.38. The van der Waals surface area contributed by atoms with Crippen LogP contribution in [0.25, 0.3) is 0 Å². The highest BCUT2D eigenvalue weighted by Crippen LogP contribution is 2.23. The van der Waals surface area contributed by atoms with Gasteiger partial charge in [-0.1, -0.05) is 12.8 Å². The molecule has 0 heterocycles. The molecule has 14 heavy (non-hydrogen) atoms. The fourth-order valence-electron chi connectivity index (χ4n) is 2.38. The molecule has 2 nitrogen and oxygen atoms in total. The van der Waals surface area contributed by atoms with Gasteiger partial charge in [0.05, 0.1) is 6.04 Å². The third-order valence-electron chi connectivity index (χ3n) is 3.31. The zero-order valence-electron chi connectivity index (χ0n) is 9.37. The Hall–Kier alpha value is -0.520. The van der Waals surface area contributed by atoms with Crippen LogP contribution in [-0.4, -0.2) is 29.6 Å². The van der Waals surface area contributed by atoms with E-state index in [1.807, 2.05) is 0 Å². The van der Waals surface area contributed by atoms with Crippen LogP contribution < -0.4 is 5.73 Å². The molecule has 2 N–H and O–H groups in total. The normalized spacial score (nSPS) is 29.9. The van der Waals surface area contributed by atoms with E-state index in [0.29, 0.717) is 12.1 Å². The van der Waals surface area contributed by atoms with Crippen molar-refractivity contribution in [1.29, 1.82) is 0 Å². The minimum atomic E-state index is 0.263. The van der Waals surface area contributed by atoms with Gasteiger partial charge in [0.1, 0.15) is 0 Å². The molecule has 1 aliphatic carbocycles. The SMILES string of the molecule is C#CC(C)N(CC)C1CCC(N)CC1. The molecule has 0 bridgehead atoms. The van der Waals surface area contributed by atoms with Crippen LogP contribution in [0.1, 0.15) is 39.5 Å². The van der Waals surface area contributed by atoms with Gasteiger partial charge in [0, 0.05) is 12.1 Å². The molecule has 1 fully saturated rings. The van der Waals surface area contributed by atoms with E-state index < -0.39 is 0 Å². The summed E-state index contributed by atoms with van der Waals surface area (Å²) in [4.78, 5) is 2.42. The molecule has 0 spiro atoms. The average molecular weight is 194 g/mol. The maximum atomic E-state index is 5.89. The van der Waals surface area contributed by atoms with Gasteiger partial charge >= 0.3 is 0 Å². The largest absolute Gasteiger partial charge is 0.328 e. The van der Waals surface area contributed by atoms with Crippen LogP contribution in [0.4, 0.5) is 0 Å². The standard InChI is InChI=1S/C12H22N2/c1-4-10(3)14(5-2)12-8-6-11(13)7-9-12/h1,10-12H,5-9,13H2,2-3H3. The lowest BCUT2D eigenvalue weighted by molar-refractivity contribution is 0.139. The summed E-state index contributed by atoms with van der Waals surface area (Å²) >= 11 is 0. The number of nitrogens with zero attached hydrogens (tertiary/aromatic N) is 1. The Kier molecular flexibility index (Phi) is 4.44. The van der Waals surface area contributed by atoms with E-state index in [1.165, 1.54) is 12.8 Å². The van der Waals surface area contributed by atoms with E-state index in [-0.39, 0.29) is 6.04 Å². The van der Waals surface area contributed by atoms with E-state index in [0.717, 1.165) is 19.4 Å². The molecule has 80 valence electrons. The number of terminal acetylenes is 1. The first kappa shape index (κ1) is 11.6. The zero-order chi connectivity index (χ0) is 10.6. The van der Waals surface area contributed by atoms with Crippen molar-refractivity contribution in [2.24, 2.45) is 5.73 Å².